The second-order valence-electron chi connectivity index (χ2n) is 47.9. The Bertz CT molecular complexity index is 5100. The lowest BCUT2D eigenvalue weighted by molar-refractivity contribution is -0.293. The number of aliphatic hydroxyl groups is 4. The number of ether oxygens (including phenoxy) is 18. The summed E-state index contributed by atoms with van der Waals surface area (Å²) < 4.78 is 140. The first-order chi connectivity index (χ1) is 69.7. The van der Waals surface area contributed by atoms with Crippen molar-refractivity contribution in [1.29, 1.82) is 0 Å². The molecule has 23 rings (SSSR count). The van der Waals surface area contributed by atoms with Gasteiger partial charge < -0.3 is 115 Å². The van der Waals surface area contributed by atoms with Crippen LogP contribution in [0, 0.1) is 23.7 Å². The van der Waals surface area contributed by atoms with Gasteiger partial charge in [0, 0.05) is 76.4 Å². The molecule has 20 bridgehead atoms. The van der Waals surface area contributed by atoms with Gasteiger partial charge in [0.05, 0.1) is 159 Å². The molecule has 0 amide bonds. The van der Waals surface area contributed by atoms with Crippen LogP contribution < -0.4 is 20.7 Å². The van der Waals surface area contributed by atoms with Gasteiger partial charge in [-0.05, 0) is 168 Å². The lowest BCUT2D eigenvalue weighted by Gasteiger charge is -2.53. The first-order valence-corrected chi connectivity index (χ1v) is 58.8. The van der Waals surface area contributed by atoms with Crippen LogP contribution in [0.1, 0.15) is 236 Å². The molecule has 41 atom stereocenters. The average Bonchev–Trinajstić information content (AvgIpc) is 1.56. The van der Waals surface area contributed by atoms with Crippen LogP contribution in [0.25, 0.3) is 0 Å². The molecule has 792 valence electrons. The second kappa shape index (κ2) is 43.2. The molecular weight excluding hydrogens is 1880 g/mol. The van der Waals surface area contributed by atoms with Gasteiger partial charge in [0.25, 0.3) is 16.6 Å². The largest absolute Gasteiger partial charge is 0.459 e. The monoisotopic (exact) mass is 2040 g/mol. The maximum absolute atomic E-state index is 15.1. The van der Waals surface area contributed by atoms with Crippen LogP contribution in [0.4, 0.5) is 0 Å². The third kappa shape index (κ3) is 20.8. The van der Waals surface area contributed by atoms with E-state index in [1.807, 2.05) is 38.1 Å². The lowest BCUT2D eigenvalue weighted by atomic mass is 9.79. The molecule has 0 saturated carbocycles. The van der Waals surface area contributed by atoms with E-state index < -0.39 is 167 Å². The van der Waals surface area contributed by atoms with Crippen molar-refractivity contribution in [2.75, 3.05) is 13.2 Å². The number of hydrogen-bond acceptors (Lipinski definition) is 27. The van der Waals surface area contributed by atoms with Crippen LogP contribution in [-0.2, 0) is 108 Å². The van der Waals surface area contributed by atoms with Gasteiger partial charge in [-0.25, -0.2) is 0 Å². The third-order valence-electron chi connectivity index (χ3n) is 36.2. The maximum atomic E-state index is 15.1. The molecule has 145 heavy (non-hydrogen) atoms. The van der Waals surface area contributed by atoms with Crippen molar-refractivity contribution in [2.45, 2.75) is 472 Å². The second-order valence-corrected chi connectivity index (χ2v) is 56.4. The molecule has 19 aliphatic heterocycles. The van der Waals surface area contributed by atoms with E-state index in [1.165, 1.54) is 0 Å². The summed E-state index contributed by atoms with van der Waals surface area (Å²) in [7, 11) is -6.78. The summed E-state index contributed by atoms with van der Waals surface area (Å²) in [6.45, 7) is 39.9. The number of ketones is 1. The van der Waals surface area contributed by atoms with Crippen molar-refractivity contribution in [3.63, 3.8) is 0 Å². The molecule has 0 radical (unpaired) electrons. The van der Waals surface area contributed by atoms with Gasteiger partial charge >= 0.3 is 11.9 Å². The highest BCUT2D eigenvalue weighted by molar-refractivity contribution is 7.00. The first kappa shape index (κ1) is 105. The summed E-state index contributed by atoms with van der Waals surface area (Å²) >= 11 is 0. The van der Waals surface area contributed by atoms with E-state index in [9.17, 15) is 25.2 Å². The molecule has 19 aliphatic rings. The minimum atomic E-state index is -3.43. The number of Topliss-reactive ketones (excluding diaryl/α,β-unsaturated/α-hetero) is 1. The SMILES string of the molecule is C=C1C2C[C@@H]3O[C@H]4C[C@@H](O)[C@@H](CCO)O[C@H]4[C@H](C)[C@H]3OC(=O)CC3CC[C@@H]4O[C@@H]5[C@@H](O[C@H](CC(=O)CCC6CC(=C)[C@H](CC[C@@H](C[C@H]1C)O2)O6)[C@@H]5O[Si](c1ccccc1)(c1ccccc1)C(C)(C)C)[C@@H](O[Si](c1ccccc1)(c1ccccc1)C(C)(C)C)[C@H]4O3.C=C1C2C[C@@H]3O[C@H]4C[C@@H](O)[C@@H](CCO)O[C@H]4[C@H](C)[C@H]3OC(=O)CC3CC[C@@H]4O[C@H]5C6O[C@]7(CCC8CC(=C)[C@H](CC[C@@H](C[C@H]1C)O2)O8)C[C@H]6O[C@H]5[C@@H](O7)[C@H]4O3. The fraction of sp³-hybridized carbons (Fsp3) is 0.698. The zero-order valence-electron chi connectivity index (χ0n) is 86.4. The molecule has 29 heteroatoms. The van der Waals surface area contributed by atoms with Crippen LogP contribution >= 0.6 is 0 Å². The van der Waals surface area contributed by atoms with Gasteiger partial charge in [0.15, 0.2) is 5.79 Å². The van der Waals surface area contributed by atoms with Crippen LogP contribution in [-0.4, -0.2) is 294 Å². The van der Waals surface area contributed by atoms with Gasteiger partial charge in [0.1, 0.15) is 79.0 Å². The van der Waals surface area contributed by atoms with E-state index in [1.54, 1.807) is 0 Å². The predicted octanol–water partition coefficient (Wildman–Crippen LogP) is 13.1. The van der Waals surface area contributed by atoms with E-state index in [-0.39, 0.29) is 172 Å². The third-order valence-corrected chi connectivity index (χ3v) is 46.3. The smallest absolute Gasteiger partial charge is 0.308 e. The van der Waals surface area contributed by atoms with Gasteiger partial charge in [-0.3, -0.25) is 14.4 Å². The van der Waals surface area contributed by atoms with Crippen molar-refractivity contribution < 1.29 is 129 Å². The lowest BCUT2D eigenvalue weighted by Crippen LogP contribution is -2.73. The summed E-state index contributed by atoms with van der Waals surface area (Å²) in [6.07, 6.45) is -2.05. The summed E-state index contributed by atoms with van der Waals surface area (Å²) in [6, 6.07) is 42.4. The number of benzene rings is 4. The number of rotatable bonds is 12. The molecule has 19 saturated heterocycles. The fourth-order valence-electron chi connectivity index (χ4n) is 28.7. The summed E-state index contributed by atoms with van der Waals surface area (Å²) in [4.78, 5) is 44.2. The Morgan fingerprint density at radius 1 is 0.352 bits per heavy atom. The number of carbonyl (C=O) groups excluding carboxylic acids is 3. The Labute approximate surface area is 857 Å². The number of aliphatic hydroxyl groups excluding tert-OH is 4. The molecule has 4 aromatic carbocycles. The average molecular weight is 2040 g/mol. The van der Waals surface area contributed by atoms with Crippen LogP contribution in [0.3, 0.4) is 0 Å². The summed E-state index contributed by atoms with van der Waals surface area (Å²) in [5.41, 5.74) is 4.13. The highest BCUT2D eigenvalue weighted by Crippen LogP contribution is 2.57. The molecule has 0 aromatic heterocycles. The predicted molar refractivity (Wildman–Crippen MR) is 543 cm³/mol. The molecule has 1 spiro atoms. The van der Waals surface area contributed by atoms with E-state index in [2.05, 4.69) is 179 Å². The van der Waals surface area contributed by atoms with Crippen molar-refractivity contribution >= 4 is 55.1 Å². The highest BCUT2D eigenvalue weighted by Gasteiger charge is 2.71. The van der Waals surface area contributed by atoms with Crippen LogP contribution in [0.5, 0.6) is 0 Å². The molecule has 0 aliphatic carbocycles. The van der Waals surface area contributed by atoms with Crippen molar-refractivity contribution in [3.8, 4) is 0 Å². The van der Waals surface area contributed by atoms with Gasteiger partial charge in [-0.1, -0.05) is 217 Å². The van der Waals surface area contributed by atoms with Crippen LogP contribution in [0.2, 0.25) is 10.1 Å². The van der Waals surface area contributed by atoms with E-state index in [0.717, 1.165) is 94.4 Å². The summed E-state index contributed by atoms with van der Waals surface area (Å²) in [5.74, 6) is -1.75. The Hall–Kier alpha value is -6.00. The van der Waals surface area contributed by atoms with Crippen LogP contribution in [0.15, 0.2) is 170 Å². The van der Waals surface area contributed by atoms with Crippen molar-refractivity contribution in [2.24, 2.45) is 23.7 Å². The Balaban J connectivity index is 0.000000191. The minimum absolute atomic E-state index is 0.00281. The maximum Gasteiger partial charge on any atom is 0.308 e. The first-order valence-electron chi connectivity index (χ1n) is 55.0. The molecule has 7 unspecified atom stereocenters. The molecule has 19 heterocycles. The topological polar surface area (TPSA) is 317 Å². The van der Waals surface area contributed by atoms with Crippen molar-refractivity contribution in [1.82, 2.24) is 0 Å². The zero-order valence-corrected chi connectivity index (χ0v) is 88.4. The molecule has 4 N–H and O–H groups in total. The number of esters is 2. The Morgan fingerprint density at radius 2 is 0.745 bits per heavy atom. The van der Waals surface area contributed by atoms with Gasteiger partial charge in [-0.15, -0.1) is 0 Å². The standard InChI is InChI=1S/C74H98O14Si2.C42H60O13/c1-45-39-51-33-35-58-46(2)40-50(79-58)32-31-49(76)41-62-69(87-89(73(5,6)7,53-23-15-11-16-24-53)54-25-17-12-18-26-54)70-71(85-62)72(88-90(74(8,9)10,55-27-19-13-20-28-55)56-29-21-14-22-30-56)68-60(84-70)36-34-52(81-68)42-65(78)86-67-48(4)66-63(43-57(77)59(83-66)37-38-75)82-64(67)44-61(80-51)47(45)3;1-19-13-23-5-7-27-20(2)14-25(46-27)9-11-42-18-33-38(54-42)39-40(52-33)41(55-42)37-29(51-39)8-6-24(48-37)15-34(45)53-36-22(4)35-31(16-26(44)28(50-35)10-12-43)49-32(36)17-30(47-23)21(19)3/h11-30,45,48,50-52,57-64,66-72,75,77H,2-3,31-44H2,1,4-10H3;19,22-33,35-41,43-44H,2-3,5-18H2,1,4H3/t45-,48+,50?,51+,52?,57-,58+,59-,60+,61?,62-,63+,64+,66+,67-,68+,69+,70+,71-,72+;19-,22+,23+,24?,25?,26-,27+,28-,29+,30?,31+,32+,33-,35+,36-,37+,38?,39+,40-,41+,42+/m11/s1. The normalized spacial score (nSPS) is 43.5. The molecule has 19 fully saturated rings. The molecule has 27 nitrogen and oxygen atoms in total. The summed E-state index contributed by atoms with van der Waals surface area (Å²) in [5, 5.41) is 45.4. The van der Waals surface area contributed by atoms with Gasteiger partial charge in [0.2, 0.25) is 0 Å². The Morgan fingerprint density at radius 3 is 1.22 bits per heavy atom. The van der Waals surface area contributed by atoms with Gasteiger partial charge in [-0.2, -0.15) is 0 Å². The fourth-order valence-corrected chi connectivity index (χ4v) is 38.1. The van der Waals surface area contributed by atoms with E-state index in [0.29, 0.717) is 83.5 Å². The van der Waals surface area contributed by atoms with E-state index in [4.69, 9.17) is 94.1 Å². The number of hydrogen-bond donors (Lipinski definition) is 4. The number of fused-ring (bicyclic) bond motifs is 15. The minimum Gasteiger partial charge on any atom is -0.459 e. The zero-order chi connectivity index (χ0) is 101. The van der Waals surface area contributed by atoms with E-state index >= 15 is 9.59 Å². The number of carbonyl (C=O) groups is 3. The highest BCUT2D eigenvalue weighted by atomic mass is 28.4. The molecule has 4 aromatic rings. The van der Waals surface area contributed by atoms with Crippen molar-refractivity contribution in [3.05, 3.63) is 170 Å². The Kier molecular flexibility index (Phi) is 31.2. The molecular formula is C116H158O27Si2. The quantitative estimate of drug-likeness (QED) is 0.0582.